The maximum atomic E-state index is 13.3. The van der Waals surface area contributed by atoms with Crippen molar-refractivity contribution in [2.45, 2.75) is 65.7 Å². The number of amides is 1. The van der Waals surface area contributed by atoms with Crippen LogP contribution in [0, 0.1) is 5.92 Å². The summed E-state index contributed by atoms with van der Waals surface area (Å²) in [5.41, 5.74) is 8.77. The van der Waals surface area contributed by atoms with Crippen LogP contribution < -0.4 is 22.1 Å². The van der Waals surface area contributed by atoms with Gasteiger partial charge in [0, 0.05) is 18.3 Å². The van der Waals surface area contributed by atoms with Crippen molar-refractivity contribution in [2.75, 3.05) is 29.5 Å². The molecule has 0 spiro atoms. The number of hydrogen-bond acceptors (Lipinski definition) is 8. The van der Waals surface area contributed by atoms with Crippen LogP contribution in [0.15, 0.2) is 65.5 Å². The second kappa shape index (κ2) is 14.7. The second-order valence-corrected chi connectivity index (χ2v) is 11.7. The molecule has 1 amide bonds. The summed E-state index contributed by atoms with van der Waals surface area (Å²) >= 11 is 0. The van der Waals surface area contributed by atoms with Gasteiger partial charge in [0.05, 0.1) is 36.6 Å². The lowest BCUT2D eigenvalue weighted by Gasteiger charge is -2.24. The van der Waals surface area contributed by atoms with E-state index in [-0.39, 0.29) is 37.0 Å². The Kier molecular flexibility index (Phi) is 10.8. The Bertz CT molecular complexity index is 1610. The van der Waals surface area contributed by atoms with Gasteiger partial charge in [-0.25, -0.2) is 9.78 Å². The largest absolute Gasteiger partial charge is 0.461 e. The van der Waals surface area contributed by atoms with Crippen molar-refractivity contribution >= 4 is 40.2 Å². The van der Waals surface area contributed by atoms with Gasteiger partial charge in [0.1, 0.15) is 17.9 Å². The highest BCUT2D eigenvalue weighted by atomic mass is 16.5. The Balaban J connectivity index is 1.42. The number of aromatic amines is 1. The first-order valence-electron chi connectivity index (χ1n) is 14.9. The minimum absolute atomic E-state index is 0.0601. The molecule has 0 aliphatic rings. The predicted molar refractivity (Wildman–Crippen MR) is 172 cm³/mol. The third kappa shape index (κ3) is 9.18. The zero-order valence-electron chi connectivity index (χ0n) is 25.8. The number of unbranched alkanes of at least 4 members (excludes halogenated alkanes) is 1. The number of ether oxygens (including phenoxy) is 2. The summed E-state index contributed by atoms with van der Waals surface area (Å²) in [6.45, 7) is 9.03. The van der Waals surface area contributed by atoms with Gasteiger partial charge >= 0.3 is 11.7 Å². The van der Waals surface area contributed by atoms with Crippen LogP contribution in [0.25, 0.3) is 11.0 Å². The van der Waals surface area contributed by atoms with Gasteiger partial charge in [-0.3, -0.25) is 14.2 Å². The fraction of sp³-hybridized carbons (Fsp3) is 0.394. The number of nitrogens with two attached hydrogens (primary N) is 1. The van der Waals surface area contributed by atoms with Crippen LogP contribution in [0.5, 0.6) is 0 Å². The van der Waals surface area contributed by atoms with Crippen molar-refractivity contribution in [2.24, 2.45) is 5.92 Å². The second-order valence-electron chi connectivity index (χ2n) is 11.7. The zero-order valence-corrected chi connectivity index (χ0v) is 25.8. The Labute approximate surface area is 257 Å². The molecule has 4 aromatic rings. The summed E-state index contributed by atoms with van der Waals surface area (Å²) in [5.74, 6) is -0.711. The maximum Gasteiger partial charge on any atom is 0.326 e. The van der Waals surface area contributed by atoms with Crippen LogP contribution in [0.4, 0.5) is 17.3 Å². The van der Waals surface area contributed by atoms with E-state index in [2.05, 4.69) is 27.5 Å². The van der Waals surface area contributed by atoms with E-state index in [1.54, 1.807) is 16.7 Å². The number of fused-ring (bicyclic) bond motifs is 1. The normalized spacial score (nSPS) is 12.2. The first-order chi connectivity index (χ1) is 21.0. The van der Waals surface area contributed by atoms with Crippen LogP contribution in [0.3, 0.4) is 0 Å². The predicted octanol–water partition coefficient (Wildman–Crippen LogP) is 5.07. The number of pyridine rings is 1. The molecule has 11 nitrogen and oxygen atoms in total. The van der Waals surface area contributed by atoms with Crippen molar-refractivity contribution in [1.29, 1.82) is 0 Å². The lowest BCUT2D eigenvalue weighted by atomic mass is 10.0. The topological polar surface area (TPSA) is 153 Å². The SMILES string of the molecule is CCCCNc1cc2c([nH]c(=O)n2Cc2ccc(NC(=O)[C@H](COC(C)(C)C)CC(=O)OCc3ccccc3)cc2)c(N)n1. The molecule has 0 saturated carbocycles. The van der Waals surface area contributed by atoms with E-state index < -0.39 is 17.5 Å². The number of nitrogen functional groups attached to an aromatic ring is 1. The van der Waals surface area contributed by atoms with Gasteiger partial charge < -0.3 is 30.8 Å². The van der Waals surface area contributed by atoms with Crippen LogP contribution in [-0.2, 0) is 32.2 Å². The van der Waals surface area contributed by atoms with Gasteiger partial charge in [0.15, 0.2) is 5.82 Å². The number of rotatable bonds is 14. The van der Waals surface area contributed by atoms with E-state index in [0.717, 1.165) is 30.5 Å². The summed E-state index contributed by atoms with van der Waals surface area (Å²) in [6.07, 6.45) is 1.91. The molecule has 2 aromatic heterocycles. The van der Waals surface area contributed by atoms with E-state index in [4.69, 9.17) is 15.2 Å². The number of carbonyl (C=O) groups excluding carboxylic acids is 2. The van der Waals surface area contributed by atoms with Crippen LogP contribution in [0.1, 0.15) is 58.1 Å². The van der Waals surface area contributed by atoms with Crippen LogP contribution in [0.2, 0.25) is 0 Å². The summed E-state index contributed by atoms with van der Waals surface area (Å²) in [5, 5.41) is 6.15. The van der Waals surface area contributed by atoms with E-state index in [9.17, 15) is 14.4 Å². The number of nitrogens with one attached hydrogen (secondary N) is 3. The molecule has 5 N–H and O–H groups in total. The molecule has 1 atom stereocenters. The third-order valence-electron chi connectivity index (χ3n) is 6.94. The molecule has 0 saturated heterocycles. The molecule has 2 aromatic carbocycles. The van der Waals surface area contributed by atoms with Crippen molar-refractivity contribution in [3.8, 4) is 0 Å². The molecular weight excluding hydrogens is 560 g/mol. The molecule has 0 radical (unpaired) electrons. The van der Waals surface area contributed by atoms with E-state index >= 15 is 0 Å². The minimum atomic E-state index is -0.749. The quantitative estimate of drug-likeness (QED) is 0.115. The van der Waals surface area contributed by atoms with E-state index in [1.807, 2.05) is 69.3 Å². The fourth-order valence-corrected chi connectivity index (χ4v) is 4.51. The summed E-state index contributed by atoms with van der Waals surface area (Å²) < 4.78 is 12.9. The van der Waals surface area contributed by atoms with E-state index in [1.165, 1.54) is 0 Å². The zero-order chi connectivity index (χ0) is 31.7. The fourth-order valence-electron chi connectivity index (χ4n) is 4.51. The molecule has 0 unspecified atom stereocenters. The van der Waals surface area contributed by atoms with Crippen molar-refractivity contribution in [3.05, 3.63) is 82.3 Å². The number of esters is 1. The molecule has 44 heavy (non-hydrogen) atoms. The van der Waals surface area contributed by atoms with Gasteiger partial charge in [-0.1, -0.05) is 55.8 Å². The molecule has 11 heteroatoms. The van der Waals surface area contributed by atoms with Gasteiger partial charge in [-0.05, 0) is 50.5 Å². The lowest BCUT2D eigenvalue weighted by Crippen LogP contribution is -2.33. The minimum Gasteiger partial charge on any atom is -0.461 e. The number of anilines is 3. The number of aromatic nitrogens is 3. The molecule has 0 fully saturated rings. The Morgan fingerprint density at radius 2 is 1.80 bits per heavy atom. The average molecular weight is 603 g/mol. The van der Waals surface area contributed by atoms with Crippen LogP contribution >= 0.6 is 0 Å². The Morgan fingerprint density at radius 3 is 2.48 bits per heavy atom. The number of carbonyl (C=O) groups is 2. The number of hydrogen-bond donors (Lipinski definition) is 4. The summed E-state index contributed by atoms with van der Waals surface area (Å²) in [4.78, 5) is 45.8. The monoisotopic (exact) mass is 602 g/mol. The molecule has 0 aliphatic carbocycles. The van der Waals surface area contributed by atoms with Crippen LogP contribution in [-0.4, -0.2) is 45.2 Å². The smallest absolute Gasteiger partial charge is 0.326 e. The molecule has 234 valence electrons. The van der Waals surface area contributed by atoms with E-state index in [0.29, 0.717) is 29.1 Å². The average Bonchev–Trinajstić information content (AvgIpc) is 3.30. The van der Waals surface area contributed by atoms with Gasteiger partial charge in [0.25, 0.3) is 0 Å². The van der Waals surface area contributed by atoms with Crippen molar-refractivity contribution < 1.29 is 19.1 Å². The van der Waals surface area contributed by atoms with Crippen molar-refractivity contribution in [3.63, 3.8) is 0 Å². The van der Waals surface area contributed by atoms with Gasteiger partial charge in [-0.15, -0.1) is 0 Å². The van der Waals surface area contributed by atoms with Gasteiger partial charge in [-0.2, -0.15) is 0 Å². The molecule has 0 bridgehead atoms. The molecule has 2 heterocycles. The highest BCUT2D eigenvalue weighted by molar-refractivity contribution is 5.94. The third-order valence-corrected chi connectivity index (χ3v) is 6.94. The Hall–Kier alpha value is -4.64. The first kappa shape index (κ1) is 32.3. The molecular formula is C33H42N6O5. The maximum absolute atomic E-state index is 13.3. The number of H-pyrrole nitrogens is 1. The number of benzene rings is 2. The summed E-state index contributed by atoms with van der Waals surface area (Å²) in [6, 6.07) is 18.4. The molecule has 0 aliphatic heterocycles. The first-order valence-corrected chi connectivity index (χ1v) is 14.9. The Morgan fingerprint density at radius 1 is 1.07 bits per heavy atom. The molecule has 4 rings (SSSR count). The highest BCUT2D eigenvalue weighted by Crippen LogP contribution is 2.22. The van der Waals surface area contributed by atoms with Gasteiger partial charge in [0.2, 0.25) is 5.91 Å². The highest BCUT2D eigenvalue weighted by Gasteiger charge is 2.26. The lowest BCUT2D eigenvalue weighted by molar-refractivity contribution is -0.149. The van der Waals surface area contributed by atoms with Crippen molar-refractivity contribution in [1.82, 2.24) is 14.5 Å². The number of nitrogens with zero attached hydrogens (tertiary/aromatic N) is 2. The summed E-state index contributed by atoms with van der Waals surface area (Å²) in [7, 11) is 0. The standard InChI is InChI=1S/C33H42N6O5/c1-5-6-16-35-27-18-26-29(30(34)37-27)38-32(42)39(26)19-22-12-14-25(15-13-22)36-31(41)24(21-44-33(2,3)4)17-28(40)43-20-23-10-8-7-9-11-23/h7-15,18,24H,5-6,16-17,19-21H2,1-4H3,(H,36,41)(H,38,42)(H3,34,35,37)/t24-/m0/s1. The number of imidazole rings is 1.